The van der Waals surface area contributed by atoms with Crippen molar-refractivity contribution >= 4 is 24.2 Å². The van der Waals surface area contributed by atoms with Crippen LogP contribution in [0.5, 0.6) is 0 Å². The van der Waals surface area contributed by atoms with E-state index in [2.05, 4.69) is 51.6 Å². The van der Waals surface area contributed by atoms with Crippen LogP contribution < -0.4 is 5.32 Å². The average Bonchev–Trinajstić information content (AvgIpc) is 2.96. The van der Waals surface area contributed by atoms with Gasteiger partial charge < -0.3 is 5.32 Å². The van der Waals surface area contributed by atoms with E-state index >= 15 is 0 Å². The minimum absolute atomic E-state index is 0. The van der Waals surface area contributed by atoms with Crippen LogP contribution in [-0.2, 0) is 5.75 Å². The molecular formula is C15H20ClN3S. The fourth-order valence-corrected chi connectivity index (χ4v) is 3.24. The second-order valence-electron chi connectivity index (χ2n) is 4.91. The van der Waals surface area contributed by atoms with Gasteiger partial charge in [-0.15, -0.1) is 24.2 Å². The quantitative estimate of drug-likeness (QED) is 0.876. The van der Waals surface area contributed by atoms with E-state index in [9.17, 15) is 0 Å². The van der Waals surface area contributed by atoms with Crippen LogP contribution in [0.25, 0.3) is 0 Å². The van der Waals surface area contributed by atoms with E-state index in [1.165, 1.54) is 23.3 Å². The van der Waals surface area contributed by atoms with E-state index in [4.69, 9.17) is 0 Å². The van der Waals surface area contributed by atoms with Crippen molar-refractivity contribution in [2.45, 2.75) is 29.5 Å². The Morgan fingerprint density at radius 2 is 1.95 bits per heavy atom. The number of benzene rings is 1. The largest absolute Gasteiger partial charge is 0.317 e. The molecule has 108 valence electrons. The first-order chi connectivity index (χ1) is 9.42. The highest BCUT2D eigenvalue weighted by atomic mass is 35.5. The van der Waals surface area contributed by atoms with Gasteiger partial charge in [-0.2, -0.15) is 5.10 Å². The predicted molar refractivity (Wildman–Crippen MR) is 86.6 cm³/mol. The lowest BCUT2D eigenvalue weighted by atomic mass is 10.1. The van der Waals surface area contributed by atoms with Crippen molar-refractivity contribution in [2.24, 2.45) is 0 Å². The van der Waals surface area contributed by atoms with Crippen LogP contribution in [-0.4, -0.2) is 22.9 Å². The molecule has 0 radical (unpaired) electrons. The molecule has 1 aromatic carbocycles. The normalized spacial score (nSPS) is 15.8. The highest BCUT2D eigenvalue weighted by Gasteiger charge is 2.15. The van der Waals surface area contributed by atoms with Crippen LogP contribution >= 0.6 is 24.2 Å². The smallest absolute Gasteiger partial charge is 0.0626 e. The first-order valence-corrected chi connectivity index (χ1v) is 7.82. The highest BCUT2D eigenvalue weighted by Crippen LogP contribution is 2.25. The average molecular weight is 310 g/mol. The summed E-state index contributed by atoms with van der Waals surface area (Å²) in [5.41, 5.74) is 1.36. The van der Waals surface area contributed by atoms with Gasteiger partial charge in [0.25, 0.3) is 0 Å². The van der Waals surface area contributed by atoms with E-state index in [1.54, 1.807) is 0 Å². The van der Waals surface area contributed by atoms with Crippen LogP contribution in [0.1, 0.15) is 24.4 Å². The molecule has 0 aliphatic carbocycles. The molecule has 0 bridgehead atoms. The molecule has 1 aliphatic rings. The molecule has 20 heavy (non-hydrogen) atoms. The molecule has 1 saturated heterocycles. The molecule has 1 aromatic heterocycles. The highest BCUT2D eigenvalue weighted by molar-refractivity contribution is 7.98. The number of rotatable bonds is 4. The lowest BCUT2D eigenvalue weighted by Crippen LogP contribution is -2.29. The second-order valence-corrected chi connectivity index (χ2v) is 5.96. The summed E-state index contributed by atoms with van der Waals surface area (Å²) in [5, 5.41) is 7.91. The summed E-state index contributed by atoms with van der Waals surface area (Å²) in [6.45, 7) is 2.22. The number of aromatic nitrogens is 2. The zero-order chi connectivity index (χ0) is 12.9. The molecule has 1 N–H and O–H groups in total. The molecule has 0 spiro atoms. The van der Waals surface area contributed by atoms with Crippen molar-refractivity contribution in [2.75, 3.05) is 13.1 Å². The van der Waals surface area contributed by atoms with Gasteiger partial charge in [-0.3, -0.25) is 4.68 Å². The maximum absolute atomic E-state index is 4.52. The van der Waals surface area contributed by atoms with Gasteiger partial charge in [0.2, 0.25) is 0 Å². The standard InChI is InChI=1S/C15H19N3S.ClH/c1-2-4-13(5-3-1)12-19-15-10-17-18(11-15)14-6-8-16-9-7-14;/h1-5,10-11,14,16H,6-9,12H2;1H. The summed E-state index contributed by atoms with van der Waals surface area (Å²) in [5.74, 6) is 1.01. The number of hydrogen-bond acceptors (Lipinski definition) is 3. The maximum Gasteiger partial charge on any atom is 0.0626 e. The van der Waals surface area contributed by atoms with Gasteiger partial charge in [0, 0.05) is 16.8 Å². The molecule has 2 heterocycles. The Hall–Kier alpha value is -0.970. The van der Waals surface area contributed by atoms with Crippen molar-refractivity contribution < 1.29 is 0 Å². The van der Waals surface area contributed by atoms with Crippen LogP contribution in [0.2, 0.25) is 0 Å². The number of nitrogens with one attached hydrogen (secondary N) is 1. The summed E-state index contributed by atoms with van der Waals surface area (Å²) in [7, 11) is 0. The van der Waals surface area contributed by atoms with Gasteiger partial charge in [0.1, 0.15) is 0 Å². The number of nitrogens with zero attached hydrogens (tertiary/aromatic N) is 2. The third-order valence-electron chi connectivity index (χ3n) is 3.51. The number of hydrogen-bond donors (Lipinski definition) is 1. The molecule has 1 aliphatic heterocycles. The van der Waals surface area contributed by atoms with Gasteiger partial charge >= 0.3 is 0 Å². The molecule has 1 fully saturated rings. The topological polar surface area (TPSA) is 29.9 Å². The Morgan fingerprint density at radius 3 is 2.70 bits per heavy atom. The summed E-state index contributed by atoms with van der Waals surface area (Å²) in [4.78, 5) is 1.27. The van der Waals surface area contributed by atoms with Gasteiger partial charge in [0.05, 0.1) is 12.2 Å². The Bertz CT molecular complexity index is 509. The summed E-state index contributed by atoms with van der Waals surface area (Å²) >= 11 is 1.86. The van der Waals surface area contributed by atoms with Gasteiger partial charge in [-0.05, 0) is 31.5 Å². The molecule has 0 unspecified atom stereocenters. The molecule has 0 atom stereocenters. The first kappa shape index (κ1) is 15.4. The number of piperidine rings is 1. The van der Waals surface area contributed by atoms with Crippen molar-refractivity contribution in [1.82, 2.24) is 15.1 Å². The van der Waals surface area contributed by atoms with Crippen LogP contribution in [0.3, 0.4) is 0 Å². The van der Waals surface area contributed by atoms with Gasteiger partial charge in [-0.1, -0.05) is 30.3 Å². The van der Waals surface area contributed by atoms with Crippen molar-refractivity contribution in [3.8, 4) is 0 Å². The Balaban J connectivity index is 0.00000147. The predicted octanol–water partition coefficient (Wildman–Crippen LogP) is 3.52. The number of thioether (sulfide) groups is 1. The van der Waals surface area contributed by atoms with E-state index in [0.717, 1.165) is 18.8 Å². The van der Waals surface area contributed by atoms with Gasteiger partial charge in [-0.25, -0.2) is 0 Å². The van der Waals surface area contributed by atoms with E-state index in [0.29, 0.717) is 6.04 Å². The fourth-order valence-electron chi connectivity index (χ4n) is 2.41. The number of halogens is 1. The summed E-state index contributed by atoms with van der Waals surface area (Å²) < 4.78 is 2.15. The molecular weight excluding hydrogens is 290 g/mol. The zero-order valence-corrected chi connectivity index (χ0v) is 13.0. The molecule has 0 saturated carbocycles. The Kier molecular flexibility index (Phi) is 5.95. The lowest BCUT2D eigenvalue weighted by Gasteiger charge is -2.22. The molecule has 3 nitrogen and oxygen atoms in total. The fraction of sp³-hybridized carbons (Fsp3) is 0.400. The monoisotopic (exact) mass is 309 g/mol. The molecule has 2 aromatic rings. The van der Waals surface area contributed by atoms with E-state index in [-0.39, 0.29) is 12.4 Å². The molecule has 5 heteroatoms. The summed E-state index contributed by atoms with van der Waals surface area (Å²) in [6, 6.07) is 11.2. The third kappa shape index (κ3) is 4.01. The minimum Gasteiger partial charge on any atom is -0.317 e. The second kappa shape index (κ2) is 7.72. The van der Waals surface area contributed by atoms with E-state index in [1.807, 2.05) is 18.0 Å². The van der Waals surface area contributed by atoms with Crippen LogP contribution in [0.4, 0.5) is 0 Å². The van der Waals surface area contributed by atoms with Gasteiger partial charge in [0.15, 0.2) is 0 Å². The third-order valence-corrected chi connectivity index (χ3v) is 4.53. The summed E-state index contributed by atoms with van der Waals surface area (Å²) in [6.07, 6.45) is 6.56. The van der Waals surface area contributed by atoms with Crippen LogP contribution in [0.15, 0.2) is 47.6 Å². The van der Waals surface area contributed by atoms with Crippen molar-refractivity contribution in [1.29, 1.82) is 0 Å². The van der Waals surface area contributed by atoms with Crippen molar-refractivity contribution in [3.05, 3.63) is 48.3 Å². The zero-order valence-electron chi connectivity index (χ0n) is 11.4. The van der Waals surface area contributed by atoms with Crippen LogP contribution in [0, 0.1) is 0 Å². The lowest BCUT2D eigenvalue weighted by molar-refractivity contribution is 0.343. The SMILES string of the molecule is Cl.c1ccc(CSc2cnn(C3CCNCC3)c2)cc1. The maximum atomic E-state index is 4.52. The molecule has 0 amide bonds. The van der Waals surface area contributed by atoms with Crippen molar-refractivity contribution in [3.63, 3.8) is 0 Å². The minimum atomic E-state index is 0. The first-order valence-electron chi connectivity index (χ1n) is 6.83. The Labute approximate surface area is 130 Å². The molecule has 3 rings (SSSR count). The van der Waals surface area contributed by atoms with E-state index < -0.39 is 0 Å². The Morgan fingerprint density at radius 1 is 1.20 bits per heavy atom.